The lowest BCUT2D eigenvalue weighted by molar-refractivity contribution is -0.385. The van der Waals surface area contributed by atoms with Crippen molar-refractivity contribution in [3.63, 3.8) is 0 Å². The highest BCUT2D eigenvalue weighted by molar-refractivity contribution is 9.10. The summed E-state index contributed by atoms with van der Waals surface area (Å²) in [5.74, 6) is 0.504. The van der Waals surface area contributed by atoms with E-state index in [2.05, 4.69) is 20.9 Å². The van der Waals surface area contributed by atoms with Crippen molar-refractivity contribution in [3.05, 3.63) is 26.9 Å². The van der Waals surface area contributed by atoms with E-state index in [9.17, 15) is 23.3 Å². The van der Waals surface area contributed by atoms with Gasteiger partial charge in [0.05, 0.1) is 15.9 Å². The summed E-state index contributed by atoms with van der Waals surface area (Å²) < 4.78 is 37.9. The molecule has 0 aromatic carbocycles. The first kappa shape index (κ1) is 16.9. The summed E-state index contributed by atoms with van der Waals surface area (Å²) in [5, 5.41) is 10.7. The highest BCUT2D eigenvalue weighted by Gasteiger charge is 2.35. The van der Waals surface area contributed by atoms with E-state index in [1.165, 1.54) is 11.0 Å². The maximum Gasteiger partial charge on any atom is 0.401 e. The number of hydrogen-bond donors (Lipinski definition) is 0. The Bertz CT molecular complexity index is 570. The Kier molecular flexibility index (Phi) is 4.90. The zero-order chi connectivity index (χ0) is 16.5. The number of hydrogen-bond acceptors (Lipinski definition) is 5. The molecule has 0 saturated carbocycles. The molecule has 0 aliphatic carbocycles. The summed E-state index contributed by atoms with van der Waals surface area (Å²) in [6.45, 7) is 1.79. The second-order valence-electron chi connectivity index (χ2n) is 5.14. The first-order chi connectivity index (χ1) is 10.2. The Balaban J connectivity index is 2.09. The first-order valence-corrected chi connectivity index (χ1v) is 7.32. The molecule has 2 rings (SSSR count). The van der Waals surface area contributed by atoms with Gasteiger partial charge in [0.1, 0.15) is 12.0 Å². The summed E-state index contributed by atoms with van der Waals surface area (Å²) in [6, 6.07) is 1.05. The Morgan fingerprint density at radius 2 is 2.18 bits per heavy atom. The van der Waals surface area contributed by atoms with E-state index in [0.717, 1.165) is 6.20 Å². The lowest BCUT2D eigenvalue weighted by atomic mass is 10.2. The third-order valence-electron chi connectivity index (χ3n) is 3.47. The average Bonchev–Trinajstić information content (AvgIpc) is 2.39. The molecule has 0 radical (unpaired) electrons. The second kappa shape index (κ2) is 6.37. The smallest absolute Gasteiger partial charge is 0.353 e. The number of nitrogens with zero attached hydrogens (tertiary/aromatic N) is 4. The molecule has 22 heavy (non-hydrogen) atoms. The minimum Gasteiger partial charge on any atom is -0.353 e. The summed E-state index contributed by atoms with van der Waals surface area (Å²) >= 11 is 3.23. The number of rotatable bonds is 3. The van der Waals surface area contributed by atoms with Crippen molar-refractivity contribution >= 4 is 27.4 Å². The molecular formula is C12H14BrF3N4O2. The van der Waals surface area contributed by atoms with Crippen molar-refractivity contribution in [2.75, 3.05) is 31.1 Å². The minimum absolute atomic E-state index is 0.139. The summed E-state index contributed by atoms with van der Waals surface area (Å²) in [4.78, 5) is 17.4. The first-order valence-electron chi connectivity index (χ1n) is 6.53. The van der Waals surface area contributed by atoms with E-state index >= 15 is 0 Å². The molecule has 1 fully saturated rings. The molecule has 1 unspecified atom stereocenters. The number of pyridine rings is 1. The second-order valence-corrected chi connectivity index (χ2v) is 5.99. The van der Waals surface area contributed by atoms with Gasteiger partial charge in [0, 0.05) is 31.7 Å². The highest BCUT2D eigenvalue weighted by atomic mass is 79.9. The van der Waals surface area contributed by atoms with Crippen LogP contribution in [0.25, 0.3) is 0 Å². The number of nitro groups is 1. The van der Waals surface area contributed by atoms with Gasteiger partial charge in [-0.2, -0.15) is 13.2 Å². The summed E-state index contributed by atoms with van der Waals surface area (Å²) in [5.41, 5.74) is -0.139. The Morgan fingerprint density at radius 1 is 1.50 bits per heavy atom. The van der Waals surface area contributed by atoms with Crippen LogP contribution < -0.4 is 4.90 Å². The fraction of sp³-hybridized carbons (Fsp3) is 0.583. The molecule has 0 spiro atoms. The molecule has 0 bridgehead atoms. The Hall–Kier alpha value is -1.42. The van der Waals surface area contributed by atoms with Crippen LogP contribution in [0.5, 0.6) is 0 Å². The quantitative estimate of drug-likeness (QED) is 0.594. The van der Waals surface area contributed by atoms with Crippen molar-refractivity contribution in [2.45, 2.75) is 19.1 Å². The number of halogens is 4. The lowest BCUT2D eigenvalue weighted by Crippen LogP contribution is -2.54. The van der Waals surface area contributed by atoms with E-state index in [1.54, 1.807) is 6.92 Å². The Labute approximate surface area is 133 Å². The van der Waals surface area contributed by atoms with Crippen molar-refractivity contribution in [1.82, 2.24) is 9.88 Å². The zero-order valence-corrected chi connectivity index (χ0v) is 13.3. The molecule has 1 saturated heterocycles. The van der Waals surface area contributed by atoms with Gasteiger partial charge < -0.3 is 4.90 Å². The summed E-state index contributed by atoms with van der Waals surface area (Å²) in [6.07, 6.45) is -3.07. The van der Waals surface area contributed by atoms with Crippen molar-refractivity contribution in [2.24, 2.45) is 0 Å². The van der Waals surface area contributed by atoms with E-state index < -0.39 is 17.6 Å². The topological polar surface area (TPSA) is 62.5 Å². The van der Waals surface area contributed by atoms with Crippen LogP contribution in [0.3, 0.4) is 0 Å². The van der Waals surface area contributed by atoms with Crippen LogP contribution in [-0.4, -0.2) is 53.2 Å². The van der Waals surface area contributed by atoms with Crippen molar-refractivity contribution in [3.8, 4) is 0 Å². The lowest BCUT2D eigenvalue weighted by Gasteiger charge is -2.40. The van der Waals surface area contributed by atoms with Crippen LogP contribution in [0.15, 0.2) is 16.7 Å². The molecule has 1 aliphatic rings. The number of aromatic nitrogens is 1. The van der Waals surface area contributed by atoms with Crippen molar-refractivity contribution in [1.29, 1.82) is 0 Å². The van der Waals surface area contributed by atoms with Crippen LogP contribution in [0, 0.1) is 10.1 Å². The molecule has 10 heteroatoms. The average molecular weight is 383 g/mol. The molecule has 2 heterocycles. The van der Waals surface area contributed by atoms with Gasteiger partial charge in [0.25, 0.3) is 5.69 Å². The monoisotopic (exact) mass is 382 g/mol. The number of piperazine rings is 1. The third kappa shape index (κ3) is 4.07. The van der Waals surface area contributed by atoms with Gasteiger partial charge in [-0.15, -0.1) is 0 Å². The maximum atomic E-state index is 12.5. The van der Waals surface area contributed by atoms with Crippen molar-refractivity contribution < 1.29 is 18.1 Å². The molecule has 0 N–H and O–H groups in total. The standard InChI is InChI=1S/C12H14BrF3N4O2/c1-8-6-18(2-3-19(8)7-12(14,15)16)11-10(13)4-9(5-17-11)20(21)22/h4-5,8H,2-3,6-7H2,1H3. The fourth-order valence-electron chi connectivity index (χ4n) is 2.41. The van der Waals surface area contributed by atoms with Crippen LogP contribution in [0.2, 0.25) is 0 Å². The van der Waals surface area contributed by atoms with E-state index in [4.69, 9.17) is 0 Å². The molecule has 1 aromatic rings. The van der Waals surface area contributed by atoms with Crippen LogP contribution in [-0.2, 0) is 0 Å². The SMILES string of the molecule is CC1CN(c2ncc([N+](=O)[O-])cc2Br)CCN1CC(F)(F)F. The number of alkyl halides is 3. The van der Waals surface area contributed by atoms with E-state index in [1.807, 2.05) is 4.90 Å². The van der Waals surface area contributed by atoms with Crippen LogP contribution in [0.1, 0.15) is 6.92 Å². The molecule has 6 nitrogen and oxygen atoms in total. The van der Waals surface area contributed by atoms with E-state index in [-0.39, 0.29) is 18.3 Å². The predicted molar refractivity (Wildman–Crippen MR) is 77.9 cm³/mol. The molecule has 1 aromatic heterocycles. The number of anilines is 1. The molecule has 1 aliphatic heterocycles. The minimum atomic E-state index is -4.22. The largest absolute Gasteiger partial charge is 0.401 e. The van der Waals surface area contributed by atoms with Crippen LogP contribution in [0.4, 0.5) is 24.7 Å². The molecule has 1 atom stereocenters. The normalized spacial score (nSPS) is 20.2. The van der Waals surface area contributed by atoms with Gasteiger partial charge in [-0.3, -0.25) is 15.0 Å². The molecular weight excluding hydrogens is 369 g/mol. The van der Waals surface area contributed by atoms with Gasteiger partial charge in [-0.05, 0) is 22.9 Å². The van der Waals surface area contributed by atoms with E-state index in [0.29, 0.717) is 23.4 Å². The van der Waals surface area contributed by atoms with Gasteiger partial charge in [0.15, 0.2) is 0 Å². The molecule has 0 amide bonds. The predicted octanol–water partition coefficient (Wildman–Crippen LogP) is 2.83. The van der Waals surface area contributed by atoms with Crippen LogP contribution >= 0.6 is 15.9 Å². The fourth-order valence-corrected chi connectivity index (χ4v) is 2.99. The third-order valence-corrected chi connectivity index (χ3v) is 4.05. The zero-order valence-electron chi connectivity index (χ0n) is 11.7. The molecule has 122 valence electrons. The summed E-state index contributed by atoms with van der Waals surface area (Å²) in [7, 11) is 0. The van der Waals surface area contributed by atoms with Gasteiger partial charge in [-0.1, -0.05) is 0 Å². The maximum absolute atomic E-state index is 12.5. The Morgan fingerprint density at radius 3 is 2.68 bits per heavy atom. The highest BCUT2D eigenvalue weighted by Crippen LogP contribution is 2.29. The van der Waals surface area contributed by atoms with Gasteiger partial charge >= 0.3 is 6.18 Å². The van der Waals surface area contributed by atoms with Gasteiger partial charge in [0.2, 0.25) is 0 Å². The van der Waals surface area contributed by atoms with Gasteiger partial charge in [-0.25, -0.2) is 4.98 Å².